The van der Waals surface area contributed by atoms with Gasteiger partial charge in [-0.15, -0.1) is 0 Å². The van der Waals surface area contributed by atoms with Crippen LogP contribution in [0.15, 0.2) is 65.6 Å². The molecule has 0 bridgehead atoms. The van der Waals surface area contributed by atoms with Crippen molar-refractivity contribution in [2.75, 3.05) is 0 Å². The molecule has 0 saturated carbocycles. The summed E-state index contributed by atoms with van der Waals surface area (Å²) in [6.07, 6.45) is 2.75. The Bertz CT molecular complexity index is 1300. The molecule has 2 aromatic carbocycles. The molecule has 0 aliphatic heterocycles. The number of aromatic nitrogens is 3. The Hall–Kier alpha value is -3.67. The van der Waals surface area contributed by atoms with E-state index in [9.17, 15) is 9.59 Å². The molecule has 3 N–H and O–H groups in total. The number of nitrogens with zero attached hydrogens (tertiary/aromatic N) is 1. The lowest BCUT2D eigenvalue weighted by Gasteiger charge is -2.19. The van der Waals surface area contributed by atoms with Gasteiger partial charge >= 0.3 is 0 Å². The maximum absolute atomic E-state index is 13.0. The molecule has 4 aromatic rings. The molecule has 0 fully saturated rings. The number of aromatic amines is 2. The molecule has 164 valence electrons. The summed E-state index contributed by atoms with van der Waals surface area (Å²) in [6.45, 7) is 5.97. The van der Waals surface area contributed by atoms with Crippen molar-refractivity contribution in [1.29, 1.82) is 0 Å². The lowest BCUT2D eigenvalue weighted by Crippen LogP contribution is -2.33. The van der Waals surface area contributed by atoms with E-state index in [0.29, 0.717) is 17.9 Å². The minimum absolute atomic E-state index is 0.0689. The molecule has 1 amide bonds. The molecule has 6 nitrogen and oxygen atoms in total. The number of fused-ring (bicyclic) bond motifs is 1. The molecule has 0 saturated heterocycles. The number of carbonyl (C=O) groups is 1. The molecule has 1 atom stereocenters. The molecule has 0 radical (unpaired) electrons. The van der Waals surface area contributed by atoms with Crippen LogP contribution in [0.1, 0.15) is 54.0 Å². The van der Waals surface area contributed by atoms with Crippen molar-refractivity contribution in [2.24, 2.45) is 0 Å². The van der Waals surface area contributed by atoms with Gasteiger partial charge in [-0.25, -0.2) is 4.98 Å². The van der Waals surface area contributed by atoms with Gasteiger partial charge in [-0.1, -0.05) is 61.9 Å². The van der Waals surface area contributed by atoms with Crippen molar-refractivity contribution in [1.82, 2.24) is 20.3 Å². The fourth-order valence-corrected chi connectivity index (χ4v) is 3.95. The zero-order chi connectivity index (χ0) is 22.7. The van der Waals surface area contributed by atoms with Crippen molar-refractivity contribution in [2.45, 2.75) is 45.6 Å². The number of aryl methyl sites for hydroxylation is 1. The van der Waals surface area contributed by atoms with Crippen molar-refractivity contribution < 1.29 is 4.79 Å². The zero-order valence-electron chi connectivity index (χ0n) is 18.6. The van der Waals surface area contributed by atoms with Gasteiger partial charge in [-0.3, -0.25) is 9.59 Å². The highest BCUT2D eigenvalue weighted by molar-refractivity contribution is 5.83. The van der Waals surface area contributed by atoms with E-state index < -0.39 is 6.04 Å². The van der Waals surface area contributed by atoms with E-state index in [1.807, 2.05) is 69.4 Å². The van der Waals surface area contributed by atoms with E-state index in [0.717, 1.165) is 27.6 Å². The Morgan fingerprint density at radius 1 is 1.09 bits per heavy atom. The summed E-state index contributed by atoms with van der Waals surface area (Å²) in [6, 6.07) is 17.0. The molecule has 6 heteroatoms. The number of carbonyl (C=O) groups excluding carboxylic acids is 1. The van der Waals surface area contributed by atoms with Crippen molar-refractivity contribution >= 4 is 16.8 Å². The van der Waals surface area contributed by atoms with Crippen LogP contribution in [-0.4, -0.2) is 20.9 Å². The summed E-state index contributed by atoms with van der Waals surface area (Å²) in [5.74, 6) is 0.581. The van der Waals surface area contributed by atoms with E-state index in [4.69, 9.17) is 0 Å². The Morgan fingerprint density at radius 3 is 2.69 bits per heavy atom. The third-order valence-corrected chi connectivity index (χ3v) is 5.57. The van der Waals surface area contributed by atoms with Crippen LogP contribution in [0.25, 0.3) is 10.9 Å². The third kappa shape index (κ3) is 4.97. The highest BCUT2D eigenvalue weighted by atomic mass is 16.1. The van der Waals surface area contributed by atoms with Crippen molar-refractivity contribution in [3.8, 4) is 0 Å². The largest absolute Gasteiger partial charge is 0.361 e. The average molecular weight is 429 g/mol. The summed E-state index contributed by atoms with van der Waals surface area (Å²) in [4.78, 5) is 36.1. The molecule has 4 rings (SSSR count). The highest BCUT2D eigenvalue weighted by Crippen LogP contribution is 2.24. The van der Waals surface area contributed by atoms with Crippen LogP contribution in [0, 0.1) is 6.92 Å². The first-order chi connectivity index (χ1) is 15.4. The van der Waals surface area contributed by atoms with Gasteiger partial charge in [0.15, 0.2) is 0 Å². The van der Waals surface area contributed by atoms with Crippen LogP contribution in [0.2, 0.25) is 0 Å². The Labute approximate surface area is 187 Å². The van der Waals surface area contributed by atoms with Crippen LogP contribution in [0.4, 0.5) is 0 Å². The van der Waals surface area contributed by atoms with Gasteiger partial charge in [-0.2, -0.15) is 0 Å². The fraction of sp³-hybridized carbons (Fsp3) is 0.269. The molecule has 2 heterocycles. The number of amides is 1. The van der Waals surface area contributed by atoms with Crippen molar-refractivity contribution in [3.63, 3.8) is 0 Å². The second kappa shape index (κ2) is 9.22. The first-order valence-electron chi connectivity index (χ1n) is 10.9. The number of H-pyrrole nitrogens is 2. The van der Waals surface area contributed by atoms with E-state index in [-0.39, 0.29) is 23.8 Å². The van der Waals surface area contributed by atoms with Crippen LogP contribution < -0.4 is 10.9 Å². The normalized spacial score (nSPS) is 12.2. The maximum Gasteiger partial charge on any atom is 0.251 e. The zero-order valence-corrected chi connectivity index (χ0v) is 18.6. The Kier molecular flexibility index (Phi) is 6.21. The van der Waals surface area contributed by atoms with Crippen LogP contribution in [-0.2, 0) is 17.6 Å². The molecule has 1 unspecified atom stereocenters. The van der Waals surface area contributed by atoms with E-state index in [2.05, 4.69) is 26.3 Å². The summed E-state index contributed by atoms with van der Waals surface area (Å²) in [5.41, 5.74) is 4.53. The second-order valence-electron chi connectivity index (χ2n) is 8.56. The number of rotatable bonds is 7. The smallest absolute Gasteiger partial charge is 0.251 e. The molecule has 32 heavy (non-hydrogen) atoms. The van der Waals surface area contributed by atoms with Gasteiger partial charge in [0.2, 0.25) is 5.91 Å². The lowest BCUT2D eigenvalue weighted by atomic mass is 10.0. The van der Waals surface area contributed by atoms with Crippen LogP contribution in [0.5, 0.6) is 0 Å². The van der Waals surface area contributed by atoms with Gasteiger partial charge in [-0.05, 0) is 24.1 Å². The first kappa shape index (κ1) is 21.6. The van der Waals surface area contributed by atoms with Crippen LogP contribution >= 0.6 is 0 Å². The summed E-state index contributed by atoms with van der Waals surface area (Å²) in [5, 5.41) is 4.23. The SMILES string of the molecule is Cc1cccc(CC(=O)NC(Cc2c[nH]c3ccccc23)c2cc(=O)[nH]c(C(C)C)n2)c1. The summed E-state index contributed by atoms with van der Waals surface area (Å²) in [7, 11) is 0. The highest BCUT2D eigenvalue weighted by Gasteiger charge is 2.21. The van der Waals surface area contributed by atoms with E-state index in [1.54, 1.807) is 0 Å². The van der Waals surface area contributed by atoms with Gasteiger partial charge in [0, 0.05) is 35.5 Å². The third-order valence-electron chi connectivity index (χ3n) is 5.57. The standard InChI is InChI=1S/C26H28N4O2/c1-16(2)26-29-23(14-25(32)30-26)22(13-19-15-27-21-10-5-4-9-20(19)21)28-24(31)12-18-8-6-7-17(3)11-18/h4-11,14-16,22,27H,12-13H2,1-3H3,(H,28,31)(H,29,30,32). The maximum atomic E-state index is 13.0. The lowest BCUT2D eigenvalue weighted by molar-refractivity contribution is -0.121. The van der Waals surface area contributed by atoms with E-state index in [1.165, 1.54) is 6.07 Å². The van der Waals surface area contributed by atoms with Gasteiger partial charge in [0.05, 0.1) is 18.2 Å². The Morgan fingerprint density at radius 2 is 1.91 bits per heavy atom. The number of hydrogen-bond acceptors (Lipinski definition) is 3. The number of hydrogen-bond donors (Lipinski definition) is 3. The molecule has 2 aromatic heterocycles. The van der Waals surface area contributed by atoms with Gasteiger partial charge < -0.3 is 15.3 Å². The fourth-order valence-electron chi connectivity index (χ4n) is 3.95. The minimum atomic E-state index is -0.425. The van der Waals surface area contributed by atoms with Crippen LogP contribution in [0.3, 0.4) is 0 Å². The number of nitrogens with one attached hydrogen (secondary N) is 3. The molecule has 0 aliphatic carbocycles. The summed E-state index contributed by atoms with van der Waals surface area (Å²) >= 11 is 0. The van der Waals surface area contributed by atoms with Gasteiger partial charge in [0.25, 0.3) is 5.56 Å². The van der Waals surface area contributed by atoms with Crippen molar-refractivity contribution in [3.05, 3.63) is 99.4 Å². The van der Waals surface area contributed by atoms with Gasteiger partial charge in [0.1, 0.15) is 5.82 Å². The number of para-hydroxylation sites is 1. The average Bonchev–Trinajstić information content (AvgIpc) is 3.16. The molecular formula is C26H28N4O2. The quantitative estimate of drug-likeness (QED) is 0.409. The number of benzene rings is 2. The minimum Gasteiger partial charge on any atom is -0.361 e. The first-order valence-corrected chi connectivity index (χ1v) is 10.9. The summed E-state index contributed by atoms with van der Waals surface area (Å²) < 4.78 is 0. The monoisotopic (exact) mass is 428 g/mol. The van der Waals surface area contributed by atoms with E-state index >= 15 is 0 Å². The Balaban J connectivity index is 1.66. The predicted molar refractivity (Wildman–Crippen MR) is 127 cm³/mol. The molecule has 0 spiro atoms. The predicted octanol–water partition coefficient (Wildman–Crippen LogP) is 4.33. The molecular weight excluding hydrogens is 400 g/mol. The molecule has 0 aliphatic rings. The topological polar surface area (TPSA) is 90.6 Å². The second-order valence-corrected chi connectivity index (χ2v) is 8.56.